The minimum atomic E-state index is -1.09. The van der Waals surface area contributed by atoms with Crippen LogP contribution in [0.15, 0.2) is 48.8 Å². The number of aryl methyl sites for hydroxylation is 1. The van der Waals surface area contributed by atoms with Crippen molar-refractivity contribution in [3.8, 4) is 11.4 Å². The van der Waals surface area contributed by atoms with E-state index in [0.29, 0.717) is 23.0 Å². The Balaban J connectivity index is 1.73. The summed E-state index contributed by atoms with van der Waals surface area (Å²) in [5.41, 5.74) is 2.33. The van der Waals surface area contributed by atoms with Crippen molar-refractivity contribution in [1.29, 1.82) is 0 Å². The Hall–Kier alpha value is -2.41. The molecule has 0 N–H and O–H groups in total. The van der Waals surface area contributed by atoms with Gasteiger partial charge in [-0.15, -0.1) is 0 Å². The third-order valence-corrected chi connectivity index (χ3v) is 4.59. The van der Waals surface area contributed by atoms with E-state index in [1.54, 1.807) is 35.3 Å². The molecule has 0 aliphatic rings. The Morgan fingerprint density at radius 3 is 2.57 bits per heavy atom. The molecule has 1 atom stereocenters. The Morgan fingerprint density at radius 1 is 1.09 bits per heavy atom. The van der Waals surface area contributed by atoms with Crippen LogP contribution in [0.2, 0.25) is 0 Å². The molecule has 3 aromatic rings. The van der Waals surface area contributed by atoms with Gasteiger partial charge in [0.25, 0.3) is 0 Å². The standard InChI is InChI=1S/C16H15FN4OS/c1-21-15(7-9-19-21)11-23(22)10-14-6-8-18-16(20-14)12-2-4-13(17)5-3-12/h2-9H,10-11H2,1H3. The third kappa shape index (κ3) is 3.87. The summed E-state index contributed by atoms with van der Waals surface area (Å²) in [6.07, 6.45) is 3.31. The zero-order chi connectivity index (χ0) is 16.2. The van der Waals surface area contributed by atoms with Crippen molar-refractivity contribution in [1.82, 2.24) is 19.7 Å². The molecule has 5 nitrogen and oxygen atoms in total. The number of benzene rings is 1. The van der Waals surface area contributed by atoms with Crippen LogP contribution in [0.25, 0.3) is 11.4 Å². The molecule has 2 heterocycles. The molecule has 1 aromatic carbocycles. The molecule has 23 heavy (non-hydrogen) atoms. The lowest BCUT2D eigenvalue weighted by Gasteiger charge is -2.05. The van der Waals surface area contributed by atoms with E-state index in [1.807, 2.05) is 13.1 Å². The molecule has 0 amide bonds. The Morgan fingerprint density at radius 2 is 1.87 bits per heavy atom. The van der Waals surface area contributed by atoms with Gasteiger partial charge in [-0.1, -0.05) is 0 Å². The molecule has 2 aromatic heterocycles. The quantitative estimate of drug-likeness (QED) is 0.721. The summed E-state index contributed by atoms with van der Waals surface area (Å²) in [5, 5.41) is 4.06. The Bertz CT molecular complexity index is 832. The molecule has 3 rings (SSSR count). The van der Waals surface area contributed by atoms with Gasteiger partial charge in [-0.2, -0.15) is 5.10 Å². The molecule has 0 bridgehead atoms. The van der Waals surface area contributed by atoms with Gasteiger partial charge in [0.2, 0.25) is 0 Å². The highest BCUT2D eigenvalue weighted by molar-refractivity contribution is 7.83. The third-order valence-electron chi connectivity index (χ3n) is 3.36. The Labute approximate surface area is 135 Å². The van der Waals surface area contributed by atoms with E-state index in [1.165, 1.54) is 12.1 Å². The zero-order valence-electron chi connectivity index (χ0n) is 12.5. The van der Waals surface area contributed by atoms with Gasteiger partial charge in [0.05, 0.1) is 22.9 Å². The molecule has 0 saturated heterocycles. The molecule has 0 aliphatic heterocycles. The number of aromatic nitrogens is 4. The van der Waals surface area contributed by atoms with E-state index < -0.39 is 10.8 Å². The van der Waals surface area contributed by atoms with Crippen LogP contribution in [0, 0.1) is 5.82 Å². The van der Waals surface area contributed by atoms with Crippen molar-refractivity contribution < 1.29 is 8.60 Å². The number of rotatable bonds is 5. The SMILES string of the molecule is Cn1nccc1CS(=O)Cc1ccnc(-c2ccc(F)cc2)n1. The number of halogens is 1. The average Bonchev–Trinajstić information content (AvgIpc) is 2.93. The number of hydrogen-bond acceptors (Lipinski definition) is 4. The first-order chi connectivity index (χ1) is 11.1. The summed E-state index contributed by atoms with van der Waals surface area (Å²) in [5.74, 6) is 0.955. The molecule has 0 saturated carbocycles. The number of hydrogen-bond donors (Lipinski definition) is 0. The summed E-state index contributed by atoms with van der Waals surface area (Å²) < 4.78 is 27.0. The maximum atomic E-state index is 13.0. The summed E-state index contributed by atoms with van der Waals surface area (Å²) in [7, 11) is 0.733. The molecule has 1 unspecified atom stereocenters. The average molecular weight is 330 g/mol. The van der Waals surface area contributed by atoms with E-state index in [-0.39, 0.29) is 5.82 Å². The molecule has 7 heteroatoms. The first-order valence-electron chi connectivity index (χ1n) is 7.01. The van der Waals surface area contributed by atoms with Crippen LogP contribution < -0.4 is 0 Å². The van der Waals surface area contributed by atoms with Crippen LogP contribution in [0.1, 0.15) is 11.4 Å². The van der Waals surface area contributed by atoms with Crippen LogP contribution in [0.4, 0.5) is 4.39 Å². The largest absolute Gasteiger partial charge is 0.272 e. The van der Waals surface area contributed by atoms with Gasteiger partial charge in [-0.05, 0) is 36.4 Å². The second-order valence-corrected chi connectivity index (χ2v) is 6.51. The van der Waals surface area contributed by atoms with Gasteiger partial charge in [0.15, 0.2) is 5.82 Å². The molecule has 0 spiro atoms. The molecular weight excluding hydrogens is 315 g/mol. The van der Waals surface area contributed by atoms with Crippen molar-refractivity contribution in [3.05, 3.63) is 66.0 Å². The van der Waals surface area contributed by atoms with Gasteiger partial charge >= 0.3 is 0 Å². The molecule has 0 aliphatic carbocycles. The van der Waals surface area contributed by atoms with Crippen LogP contribution in [0.3, 0.4) is 0 Å². The van der Waals surface area contributed by atoms with Crippen molar-refractivity contribution in [2.24, 2.45) is 7.05 Å². The highest BCUT2D eigenvalue weighted by atomic mass is 32.2. The van der Waals surface area contributed by atoms with Crippen LogP contribution in [-0.2, 0) is 29.4 Å². The van der Waals surface area contributed by atoms with Crippen molar-refractivity contribution in [3.63, 3.8) is 0 Å². The van der Waals surface area contributed by atoms with Crippen LogP contribution >= 0.6 is 0 Å². The van der Waals surface area contributed by atoms with Gasteiger partial charge in [0.1, 0.15) is 5.82 Å². The van der Waals surface area contributed by atoms with E-state index in [4.69, 9.17) is 0 Å². The number of nitrogens with zero attached hydrogens (tertiary/aromatic N) is 4. The smallest absolute Gasteiger partial charge is 0.159 e. The molecule has 0 radical (unpaired) electrons. The normalized spacial score (nSPS) is 12.3. The van der Waals surface area contributed by atoms with Gasteiger partial charge < -0.3 is 0 Å². The van der Waals surface area contributed by atoms with Crippen molar-refractivity contribution >= 4 is 10.8 Å². The maximum Gasteiger partial charge on any atom is 0.159 e. The van der Waals surface area contributed by atoms with E-state index in [9.17, 15) is 8.60 Å². The van der Waals surface area contributed by atoms with E-state index in [2.05, 4.69) is 15.1 Å². The minimum absolute atomic E-state index is 0.304. The van der Waals surface area contributed by atoms with Crippen LogP contribution in [0.5, 0.6) is 0 Å². The van der Waals surface area contributed by atoms with E-state index >= 15 is 0 Å². The van der Waals surface area contributed by atoms with Gasteiger partial charge in [-0.3, -0.25) is 8.89 Å². The first kappa shape index (κ1) is 15.5. The summed E-state index contributed by atoms with van der Waals surface area (Å²) in [6, 6.07) is 9.58. The maximum absolute atomic E-state index is 13.0. The fourth-order valence-corrected chi connectivity index (χ4v) is 3.34. The summed E-state index contributed by atoms with van der Waals surface area (Å²) in [6.45, 7) is 0. The highest BCUT2D eigenvalue weighted by Crippen LogP contribution is 2.16. The zero-order valence-corrected chi connectivity index (χ0v) is 13.3. The highest BCUT2D eigenvalue weighted by Gasteiger charge is 2.09. The Kier molecular flexibility index (Phi) is 4.57. The first-order valence-corrected chi connectivity index (χ1v) is 8.50. The van der Waals surface area contributed by atoms with Gasteiger partial charge in [-0.25, -0.2) is 14.4 Å². The van der Waals surface area contributed by atoms with Crippen LogP contribution in [-0.4, -0.2) is 24.0 Å². The fraction of sp³-hybridized carbons (Fsp3) is 0.188. The predicted octanol–water partition coefficient (Wildman–Crippen LogP) is 2.47. The molecular formula is C16H15FN4OS. The van der Waals surface area contributed by atoms with Crippen molar-refractivity contribution in [2.75, 3.05) is 0 Å². The minimum Gasteiger partial charge on any atom is -0.272 e. The molecule has 118 valence electrons. The lowest BCUT2D eigenvalue weighted by atomic mass is 10.2. The lowest BCUT2D eigenvalue weighted by molar-refractivity contribution is 0.628. The van der Waals surface area contributed by atoms with E-state index in [0.717, 1.165) is 11.3 Å². The van der Waals surface area contributed by atoms with Gasteiger partial charge in [0, 0.05) is 35.8 Å². The summed E-state index contributed by atoms with van der Waals surface area (Å²) >= 11 is 0. The topological polar surface area (TPSA) is 60.7 Å². The van der Waals surface area contributed by atoms with Crippen molar-refractivity contribution in [2.45, 2.75) is 11.5 Å². The predicted molar refractivity (Wildman–Crippen MR) is 86.2 cm³/mol. The second-order valence-electron chi connectivity index (χ2n) is 5.05. The lowest BCUT2D eigenvalue weighted by Crippen LogP contribution is -2.06. The summed E-state index contributed by atoms with van der Waals surface area (Å²) in [4.78, 5) is 8.61. The second kappa shape index (κ2) is 6.78. The fourth-order valence-electron chi connectivity index (χ4n) is 2.14. The molecule has 0 fully saturated rings. The monoisotopic (exact) mass is 330 g/mol.